The molecule has 1 amide bonds. The Balaban J connectivity index is 1.32. The van der Waals surface area contributed by atoms with Crippen LogP contribution in [0.2, 0.25) is 0 Å². The Morgan fingerprint density at radius 3 is 2.23 bits per heavy atom. The van der Waals surface area contributed by atoms with Gasteiger partial charge in [-0.1, -0.05) is 48.5 Å². The summed E-state index contributed by atoms with van der Waals surface area (Å²) in [5.74, 6) is 0.306. The Kier molecular flexibility index (Phi) is 3.57. The van der Waals surface area contributed by atoms with E-state index in [1.54, 1.807) is 4.90 Å². The average Bonchev–Trinajstić information content (AvgIpc) is 3.24. The van der Waals surface area contributed by atoms with Crippen molar-refractivity contribution < 1.29 is 14.6 Å². The number of benzene rings is 2. The van der Waals surface area contributed by atoms with Gasteiger partial charge in [0.2, 0.25) is 0 Å². The van der Waals surface area contributed by atoms with Crippen LogP contribution in [-0.4, -0.2) is 42.4 Å². The molecule has 4 nitrogen and oxygen atoms in total. The minimum absolute atomic E-state index is 0.0949. The number of carbonyl (C=O) groups is 1. The Bertz CT molecular complexity index is 812. The molecule has 1 unspecified atom stereocenters. The van der Waals surface area contributed by atoms with E-state index in [4.69, 9.17) is 4.74 Å². The number of hydrogen-bond donors (Lipinski definition) is 1. The van der Waals surface area contributed by atoms with Crippen LogP contribution in [0.25, 0.3) is 11.1 Å². The number of carbonyl (C=O) groups excluding carboxylic acids is 1. The molecular weight excluding hydrogens is 326 g/mol. The monoisotopic (exact) mass is 349 g/mol. The molecule has 2 aromatic carbocycles. The van der Waals surface area contributed by atoms with E-state index in [0.29, 0.717) is 13.2 Å². The fraction of sp³-hybridized carbons (Fsp3) is 0.409. The van der Waals surface area contributed by atoms with Crippen LogP contribution >= 0.6 is 0 Å². The molecule has 0 radical (unpaired) electrons. The quantitative estimate of drug-likeness (QED) is 0.920. The van der Waals surface area contributed by atoms with Gasteiger partial charge < -0.3 is 14.7 Å². The molecule has 0 bridgehead atoms. The van der Waals surface area contributed by atoms with Crippen molar-refractivity contribution in [3.63, 3.8) is 0 Å². The molecular formula is C22H23NO3. The number of nitrogens with zero attached hydrogens (tertiary/aromatic N) is 1. The lowest BCUT2D eigenvalue weighted by atomic mass is 9.94. The maximum atomic E-state index is 12.6. The van der Waals surface area contributed by atoms with E-state index in [-0.39, 0.29) is 30.0 Å². The summed E-state index contributed by atoms with van der Waals surface area (Å²) in [5, 5.41) is 9.58. The average molecular weight is 349 g/mol. The first-order valence-electron chi connectivity index (χ1n) is 9.43. The number of rotatable bonds is 3. The van der Waals surface area contributed by atoms with Gasteiger partial charge in [-0.05, 0) is 40.5 Å². The summed E-state index contributed by atoms with van der Waals surface area (Å²) in [6.45, 7) is 1.87. The molecule has 1 atom stereocenters. The number of likely N-dealkylation sites (tertiary alicyclic amines) is 1. The standard InChI is InChI=1S/C22H23NO3/c24-12-15-11-23(14-22(15)9-10-22)21(25)26-13-20-18-7-3-1-5-16(18)17-6-2-4-8-19(17)20/h1-8,15,20,24H,9-14H2. The van der Waals surface area contributed by atoms with Crippen molar-refractivity contribution >= 4 is 6.09 Å². The maximum Gasteiger partial charge on any atom is 0.409 e. The number of aliphatic hydroxyl groups is 1. The van der Waals surface area contributed by atoms with E-state index >= 15 is 0 Å². The zero-order valence-corrected chi connectivity index (χ0v) is 14.7. The molecule has 1 heterocycles. The van der Waals surface area contributed by atoms with Gasteiger partial charge in [-0.15, -0.1) is 0 Å². The SMILES string of the molecule is O=C(OCC1c2ccccc2-c2ccccc21)N1CC(CO)C2(CC2)C1. The van der Waals surface area contributed by atoms with Crippen molar-refractivity contribution in [1.82, 2.24) is 4.90 Å². The van der Waals surface area contributed by atoms with E-state index in [1.807, 2.05) is 12.1 Å². The van der Waals surface area contributed by atoms with Crippen LogP contribution in [0.5, 0.6) is 0 Å². The molecule has 134 valence electrons. The number of aliphatic hydroxyl groups excluding tert-OH is 1. The Morgan fingerprint density at radius 1 is 1.08 bits per heavy atom. The predicted octanol–water partition coefficient (Wildman–Crippen LogP) is 3.64. The fourth-order valence-electron chi connectivity index (χ4n) is 4.84. The highest BCUT2D eigenvalue weighted by molar-refractivity contribution is 5.79. The topological polar surface area (TPSA) is 49.8 Å². The number of fused-ring (bicyclic) bond motifs is 3. The Morgan fingerprint density at radius 2 is 1.69 bits per heavy atom. The molecule has 1 spiro atoms. The smallest absolute Gasteiger partial charge is 0.409 e. The summed E-state index contributed by atoms with van der Waals surface area (Å²) in [5.41, 5.74) is 5.11. The first-order valence-corrected chi connectivity index (χ1v) is 9.43. The van der Waals surface area contributed by atoms with E-state index < -0.39 is 0 Å². The molecule has 1 saturated heterocycles. The molecule has 2 aromatic rings. The fourth-order valence-corrected chi connectivity index (χ4v) is 4.84. The van der Waals surface area contributed by atoms with Crippen molar-refractivity contribution in [2.75, 3.05) is 26.3 Å². The van der Waals surface area contributed by atoms with Gasteiger partial charge in [-0.25, -0.2) is 4.79 Å². The number of hydrogen-bond acceptors (Lipinski definition) is 3. The summed E-state index contributed by atoms with van der Waals surface area (Å²) in [6.07, 6.45) is 1.99. The van der Waals surface area contributed by atoms with Gasteiger partial charge in [0.25, 0.3) is 0 Å². The lowest BCUT2D eigenvalue weighted by Crippen LogP contribution is -2.31. The van der Waals surface area contributed by atoms with Gasteiger partial charge in [0.05, 0.1) is 0 Å². The van der Waals surface area contributed by atoms with Gasteiger partial charge in [0, 0.05) is 31.5 Å². The summed E-state index contributed by atoms with van der Waals surface area (Å²) < 4.78 is 5.74. The highest BCUT2D eigenvalue weighted by Gasteiger charge is 2.55. The van der Waals surface area contributed by atoms with Crippen molar-refractivity contribution in [2.24, 2.45) is 11.3 Å². The summed E-state index contributed by atoms with van der Waals surface area (Å²) in [6, 6.07) is 16.7. The Hall–Kier alpha value is -2.33. The minimum atomic E-state index is -0.242. The van der Waals surface area contributed by atoms with Crippen molar-refractivity contribution in [3.05, 3.63) is 59.7 Å². The third-order valence-electron chi connectivity index (χ3n) is 6.52. The van der Waals surface area contributed by atoms with Crippen LogP contribution in [-0.2, 0) is 4.74 Å². The normalized spacial score (nSPS) is 22.3. The summed E-state index contributed by atoms with van der Waals surface area (Å²) in [4.78, 5) is 14.4. The van der Waals surface area contributed by atoms with E-state index in [0.717, 1.165) is 19.4 Å². The lowest BCUT2D eigenvalue weighted by Gasteiger charge is -2.19. The van der Waals surface area contributed by atoms with Gasteiger partial charge in [0.1, 0.15) is 6.61 Å². The Labute approximate surface area is 153 Å². The minimum Gasteiger partial charge on any atom is -0.448 e. The van der Waals surface area contributed by atoms with Crippen LogP contribution in [0.1, 0.15) is 29.9 Å². The summed E-state index contributed by atoms with van der Waals surface area (Å²) in [7, 11) is 0. The molecule has 2 fully saturated rings. The molecule has 4 heteroatoms. The predicted molar refractivity (Wildman–Crippen MR) is 98.9 cm³/mol. The lowest BCUT2D eigenvalue weighted by molar-refractivity contribution is 0.105. The van der Waals surface area contributed by atoms with Gasteiger partial charge >= 0.3 is 6.09 Å². The first kappa shape index (κ1) is 15.9. The molecule has 2 aliphatic carbocycles. The van der Waals surface area contributed by atoms with Crippen LogP contribution in [0, 0.1) is 11.3 Å². The van der Waals surface area contributed by atoms with Gasteiger partial charge in [0.15, 0.2) is 0 Å². The largest absolute Gasteiger partial charge is 0.448 e. The molecule has 3 aliphatic rings. The number of amides is 1. The van der Waals surface area contributed by atoms with Crippen LogP contribution in [0.3, 0.4) is 0 Å². The van der Waals surface area contributed by atoms with Crippen molar-refractivity contribution in [2.45, 2.75) is 18.8 Å². The zero-order valence-electron chi connectivity index (χ0n) is 14.7. The van der Waals surface area contributed by atoms with E-state index in [9.17, 15) is 9.90 Å². The highest BCUT2D eigenvalue weighted by atomic mass is 16.6. The second-order valence-electron chi connectivity index (χ2n) is 7.93. The third kappa shape index (κ3) is 2.36. The van der Waals surface area contributed by atoms with E-state index in [1.165, 1.54) is 22.3 Å². The highest BCUT2D eigenvalue weighted by Crippen LogP contribution is 2.56. The van der Waals surface area contributed by atoms with E-state index in [2.05, 4.69) is 36.4 Å². The van der Waals surface area contributed by atoms with Crippen molar-refractivity contribution in [1.29, 1.82) is 0 Å². The molecule has 1 N–H and O–H groups in total. The molecule has 0 aromatic heterocycles. The van der Waals surface area contributed by atoms with Crippen LogP contribution < -0.4 is 0 Å². The van der Waals surface area contributed by atoms with Crippen molar-refractivity contribution in [3.8, 4) is 11.1 Å². The number of ether oxygens (including phenoxy) is 1. The second kappa shape index (κ2) is 5.85. The molecule has 26 heavy (non-hydrogen) atoms. The van der Waals surface area contributed by atoms with Gasteiger partial charge in [-0.3, -0.25) is 0 Å². The third-order valence-corrected chi connectivity index (χ3v) is 6.52. The van der Waals surface area contributed by atoms with Crippen LogP contribution in [0.15, 0.2) is 48.5 Å². The molecule has 1 aliphatic heterocycles. The first-order chi connectivity index (χ1) is 12.7. The second-order valence-corrected chi connectivity index (χ2v) is 7.93. The van der Waals surface area contributed by atoms with Gasteiger partial charge in [-0.2, -0.15) is 0 Å². The maximum absolute atomic E-state index is 12.6. The molecule has 5 rings (SSSR count). The zero-order chi connectivity index (χ0) is 17.7. The van der Waals surface area contributed by atoms with Crippen LogP contribution in [0.4, 0.5) is 4.79 Å². The molecule has 1 saturated carbocycles. The summed E-state index contributed by atoms with van der Waals surface area (Å²) >= 11 is 0.